The van der Waals surface area contributed by atoms with Crippen LogP contribution in [0.4, 0.5) is 0 Å². The number of hydrogen-bond acceptors (Lipinski definition) is 4. The van der Waals surface area contributed by atoms with Crippen molar-refractivity contribution in [2.45, 2.75) is 6.04 Å². The Kier molecular flexibility index (Phi) is 5.00. The van der Waals surface area contributed by atoms with Gasteiger partial charge in [-0.05, 0) is 17.7 Å². The standard InChI is InChI=1S/C21H22N2O3/c24-21(20-14-17-8-4-5-9-19(17)26-20)22-15-18(16-6-2-1-3-7-16)23-10-12-25-13-11-23/h1-9,14,18H,10-13,15H2,(H,22,24)/t18-/m0/s1. The molecule has 3 aromatic rings. The number of hydrogen-bond donors (Lipinski definition) is 1. The molecule has 0 bridgehead atoms. The van der Waals surface area contributed by atoms with Gasteiger partial charge in [-0.15, -0.1) is 0 Å². The molecule has 2 heterocycles. The number of ether oxygens (including phenoxy) is 1. The molecule has 0 saturated carbocycles. The Morgan fingerprint density at radius 2 is 1.77 bits per heavy atom. The van der Waals surface area contributed by atoms with Gasteiger partial charge in [-0.2, -0.15) is 0 Å². The van der Waals surface area contributed by atoms with Crippen molar-refractivity contribution < 1.29 is 13.9 Å². The van der Waals surface area contributed by atoms with Crippen LogP contribution in [0.15, 0.2) is 65.1 Å². The van der Waals surface area contributed by atoms with Crippen LogP contribution in [0.3, 0.4) is 0 Å². The Morgan fingerprint density at radius 3 is 2.54 bits per heavy atom. The summed E-state index contributed by atoms with van der Waals surface area (Å²) in [6, 6.07) is 19.8. The highest BCUT2D eigenvalue weighted by atomic mass is 16.5. The lowest BCUT2D eigenvalue weighted by atomic mass is 10.0. The number of carbonyl (C=O) groups excluding carboxylic acids is 1. The van der Waals surface area contributed by atoms with Gasteiger partial charge in [0.1, 0.15) is 5.58 Å². The average Bonchev–Trinajstić information content (AvgIpc) is 3.14. The highest BCUT2D eigenvalue weighted by Crippen LogP contribution is 2.22. The number of morpholine rings is 1. The van der Waals surface area contributed by atoms with E-state index < -0.39 is 0 Å². The molecule has 1 amide bonds. The van der Waals surface area contributed by atoms with E-state index in [2.05, 4.69) is 22.3 Å². The van der Waals surface area contributed by atoms with Crippen LogP contribution in [0, 0.1) is 0 Å². The molecule has 5 nitrogen and oxygen atoms in total. The number of rotatable bonds is 5. The molecule has 1 fully saturated rings. The predicted octanol–water partition coefficient (Wildman–Crippen LogP) is 3.24. The summed E-state index contributed by atoms with van der Waals surface area (Å²) in [5, 5.41) is 3.98. The maximum atomic E-state index is 12.6. The fourth-order valence-electron chi connectivity index (χ4n) is 3.39. The lowest BCUT2D eigenvalue weighted by Crippen LogP contribution is -2.43. The van der Waals surface area contributed by atoms with Crippen molar-refractivity contribution in [3.63, 3.8) is 0 Å². The number of nitrogens with one attached hydrogen (secondary N) is 1. The van der Waals surface area contributed by atoms with Gasteiger partial charge in [-0.25, -0.2) is 0 Å². The SMILES string of the molecule is O=C(NC[C@@H](c1ccccc1)N1CCOCC1)c1cc2ccccc2o1. The van der Waals surface area contributed by atoms with Gasteiger partial charge in [0, 0.05) is 25.0 Å². The Balaban J connectivity index is 1.49. The first-order valence-electron chi connectivity index (χ1n) is 8.95. The minimum Gasteiger partial charge on any atom is -0.451 e. The second kappa shape index (κ2) is 7.72. The first-order valence-corrected chi connectivity index (χ1v) is 8.95. The average molecular weight is 350 g/mol. The van der Waals surface area contributed by atoms with Crippen LogP contribution in [-0.4, -0.2) is 43.7 Å². The number of benzene rings is 2. The Hall–Kier alpha value is -2.63. The normalized spacial score (nSPS) is 16.5. The third-order valence-corrected chi connectivity index (χ3v) is 4.78. The molecule has 1 N–H and O–H groups in total. The molecular formula is C21H22N2O3. The molecule has 1 aliphatic rings. The minimum absolute atomic E-state index is 0.119. The second-order valence-electron chi connectivity index (χ2n) is 6.43. The van der Waals surface area contributed by atoms with Crippen LogP contribution in [0.25, 0.3) is 11.0 Å². The fraction of sp³-hybridized carbons (Fsp3) is 0.286. The molecular weight excluding hydrogens is 328 g/mol. The third kappa shape index (κ3) is 3.64. The van der Waals surface area contributed by atoms with E-state index in [4.69, 9.17) is 9.15 Å². The number of nitrogens with zero attached hydrogens (tertiary/aromatic N) is 1. The number of carbonyl (C=O) groups is 1. The van der Waals surface area contributed by atoms with Gasteiger partial charge in [-0.3, -0.25) is 9.69 Å². The maximum Gasteiger partial charge on any atom is 0.287 e. The quantitative estimate of drug-likeness (QED) is 0.768. The highest BCUT2D eigenvalue weighted by Gasteiger charge is 2.23. The zero-order valence-electron chi connectivity index (χ0n) is 14.6. The van der Waals surface area contributed by atoms with E-state index in [1.165, 1.54) is 5.56 Å². The zero-order chi connectivity index (χ0) is 17.8. The minimum atomic E-state index is -0.185. The van der Waals surface area contributed by atoms with Gasteiger partial charge in [-0.1, -0.05) is 48.5 Å². The van der Waals surface area contributed by atoms with Crippen LogP contribution < -0.4 is 5.32 Å². The van der Waals surface area contributed by atoms with Crippen molar-refractivity contribution in [3.05, 3.63) is 72.0 Å². The van der Waals surface area contributed by atoms with Gasteiger partial charge >= 0.3 is 0 Å². The van der Waals surface area contributed by atoms with Crippen molar-refractivity contribution in [1.82, 2.24) is 10.2 Å². The molecule has 26 heavy (non-hydrogen) atoms. The van der Waals surface area contributed by atoms with E-state index in [1.807, 2.05) is 42.5 Å². The molecule has 1 saturated heterocycles. The van der Waals surface area contributed by atoms with Gasteiger partial charge in [0.05, 0.1) is 19.3 Å². The Morgan fingerprint density at radius 1 is 1.04 bits per heavy atom. The van der Waals surface area contributed by atoms with E-state index >= 15 is 0 Å². The molecule has 2 aromatic carbocycles. The lowest BCUT2D eigenvalue weighted by molar-refractivity contribution is 0.0161. The largest absolute Gasteiger partial charge is 0.451 e. The molecule has 1 aliphatic heterocycles. The van der Waals surface area contributed by atoms with Crippen molar-refractivity contribution >= 4 is 16.9 Å². The lowest BCUT2D eigenvalue weighted by Gasteiger charge is -2.34. The van der Waals surface area contributed by atoms with Crippen molar-refractivity contribution in [2.24, 2.45) is 0 Å². The number of para-hydroxylation sites is 1. The first-order chi connectivity index (χ1) is 12.8. The smallest absolute Gasteiger partial charge is 0.287 e. The van der Waals surface area contributed by atoms with Crippen LogP contribution >= 0.6 is 0 Å². The molecule has 1 atom stereocenters. The summed E-state index contributed by atoms with van der Waals surface area (Å²) in [6.07, 6.45) is 0. The van der Waals surface area contributed by atoms with Crippen LogP contribution in [0.2, 0.25) is 0 Å². The predicted molar refractivity (Wildman–Crippen MR) is 100 cm³/mol. The summed E-state index contributed by atoms with van der Waals surface area (Å²) in [7, 11) is 0. The Labute approximate surface area is 152 Å². The first kappa shape index (κ1) is 16.8. The van der Waals surface area contributed by atoms with Gasteiger partial charge < -0.3 is 14.5 Å². The summed E-state index contributed by atoms with van der Waals surface area (Å²) in [4.78, 5) is 14.9. The molecule has 5 heteroatoms. The van der Waals surface area contributed by atoms with Gasteiger partial charge in [0.25, 0.3) is 5.91 Å². The number of furan rings is 1. The van der Waals surface area contributed by atoms with Crippen LogP contribution in [-0.2, 0) is 4.74 Å². The van der Waals surface area contributed by atoms with E-state index in [0.717, 1.165) is 37.3 Å². The van der Waals surface area contributed by atoms with E-state index in [1.54, 1.807) is 6.07 Å². The maximum absolute atomic E-state index is 12.6. The van der Waals surface area contributed by atoms with E-state index in [0.29, 0.717) is 12.3 Å². The zero-order valence-corrected chi connectivity index (χ0v) is 14.6. The van der Waals surface area contributed by atoms with E-state index in [9.17, 15) is 4.79 Å². The summed E-state index contributed by atoms with van der Waals surface area (Å²) in [5.41, 5.74) is 1.92. The molecule has 0 radical (unpaired) electrons. The molecule has 0 unspecified atom stereocenters. The van der Waals surface area contributed by atoms with E-state index in [-0.39, 0.29) is 11.9 Å². The molecule has 0 spiro atoms. The van der Waals surface area contributed by atoms with Crippen molar-refractivity contribution in [2.75, 3.05) is 32.8 Å². The van der Waals surface area contributed by atoms with Crippen LogP contribution in [0.1, 0.15) is 22.2 Å². The molecule has 4 rings (SSSR count). The number of amides is 1. The van der Waals surface area contributed by atoms with Crippen molar-refractivity contribution in [1.29, 1.82) is 0 Å². The summed E-state index contributed by atoms with van der Waals surface area (Å²) >= 11 is 0. The van der Waals surface area contributed by atoms with Crippen molar-refractivity contribution in [3.8, 4) is 0 Å². The highest BCUT2D eigenvalue weighted by molar-refractivity contribution is 5.96. The summed E-state index contributed by atoms with van der Waals surface area (Å²) < 4.78 is 11.1. The second-order valence-corrected chi connectivity index (χ2v) is 6.43. The summed E-state index contributed by atoms with van der Waals surface area (Å²) in [5.74, 6) is 0.162. The monoisotopic (exact) mass is 350 g/mol. The fourth-order valence-corrected chi connectivity index (χ4v) is 3.39. The van der Waals surface area contributed by atoms with Gasteiger partial charge in [0.15, 0.2) is 5.76 Å². The molecule has 134 valence electrons. The Bertz CT molecular complexity index is 836. The third-order valence-electron chi connectivity index (χ3n) is 4.78. The van der Waals surface area contributed by atoms with Crippen LogP contribution in [0.5, 0.6) is 0 Å². The van der Waals surface area contributed by atoms with Gasteiger partial charge in [0.2, 0.25) is 0 Å². The number of fused-ring (bicyclic) bond motifs is 1. The molecule has 1 aromatic heterocycles. The molecule has 0 aliphatic carbocycles. The topological polar surface area (TPSA) is 54.7 Å². The summed E-state index contributed by atoms with van der Waals surface area (Å²) in [6.45, 7) is 3.70.